The van der Waals surface area contributed by atoms with Gasteiger partial charge in [0.2, 0.25) is 5.82 Å². The molecule has 0 bridgehead atoms. The van der Waals surface area contributed by atoms with Crippen LogP contribution in [-0.4, -0.2) is 16.5 Å². The maximum absolute atomic E-state index is 10.5. The van der Waals surface area contributed by atoms with Crippen molar-refractivity contribution in [3.63, 3.8) is 0 Å². The number of nitrogens with two attached hydrogens (primary N) is 1. The zero-order valence-electron chi connectivity index (χ0n) is 7.99. The fourth-order valence-corrected chi connectivity index (χ4v) is 0.887. The van der Waals surface area contributed by atoms with Crippen LogP contribution in [0, 0.1) is 22.0 Å². The molecule has 16 heavy (non-hydrogen) atoms. The van der Waals surface area contributed by atoms with Crippen molar-refractivity contribution in [2.45, 2.75) is 0 Å². The van der Waals surface area contributed by atoms with Crippen LogP contribution in [0.5, 0.6) is 0 Å². The third-order valence-corrected chi connectivity index (χ3v) is 1.54. The number of nitrogen functional groups attached to an aromatic ring is 1. The van der Waals surface area contributed by atoms with E-state index >= 15 is 0 Å². The van der Waals surface area contributed by atoms with E-state index in [1.165, 1.54) is 12.3 Å². The van der Waals surface area contributed by atoms with E-state index in [1.54, 1.807) is 0 Å². The van der Waals surface area contributed by atoms with Gasteiger partial charge in [-0.1, -0.05) is 17.0 Å². The van der Waals surface area contributed by atoms with E-state index in [4.69, 9.17) is 11.3 Å². The number of anilines is 1. The van der Waals surface area contributed by atoms with Crippen molar-refractivity contribution < 1.29 is 4.92 Å². The Balaban J connectivity index is 2.97. The zero-order chi connectivity index (χ0) is 12.0. The summed E-state index contributed by atoms with van der Waals surface area (Å²) in [6.07, 6.45) is 1.31. The molecule has 1 heterocycles. The Labute approximate surface area is 89.9 Å². The molecular weight excluding hydrogens is 212 g/mol. The van der Waals surface area contributed by atoms with Crippen molar-refractivity contribution in [1.82, 2.24) is 4.98 Å². The number of nitro groups is 1. The van der Waals surface area contributed by atoms with Gasteiger partial charge in [-0.15, -0.1) is 0 Å². The highest BCUT2D eigenvalue weighted by molar-refractivity contribution is 5.55. The molecule has 1 aromatic heterocycles. The first-order valence-corrected chi connectivity index (χ1v) is 4.05. The lowest BCUT2D eigenvalue weighted by Crippen LogP contribution is -1.98. The van der Waals surface area contributed by atoms with Crippen molar-refractivity contribution in [3.05, 3.63) is 38.4 Å². The minimum atomic E-state index is -0.638. The van der Waals surface area contributed by atoms with Gasteiger partial charge < -0.3 is 5.73 Å². The van der Waals surface area contributed by atoms with Crippen LogP contribution in [-0.2, 0) is 0 Å². The first kappa shape index (κ1) is 11.3. The molecule has 1 rings (SSSR count). The summed E-state index contributed by atoms with van der Waals surface area (Å²) < 4.78 is 0. The molecule has 0 fully saturated rings. The van der Waals surface area contributed by atoms with Crippen molar-refractivity contribution in [3.8, 4) is 11.8 Å². The lowest BCUT2D eigenvalue weighted by molar-refractivity contribution is -0.384. The van der Waals surface area contributed by atoms with E-state index in [-0.39, 0.29) is 18.1 Å². The van der Waals surface area contributed by atoms with Crippen LogP contribution in [0.4, 0.5) is 11.5 Å². The van der Waals surface area contributed by atoms with Gasteiger partial charge >= 0.3 is 5.69 Å². The highest BCUT2D eigenvalue weighted by Crippen LogP contribution is 2.18. The smallest absolute Gasteiger partial charge is 0.312 e. The van der Waals surface area contributed by atoms with Crippen LogP contribution in [0.2, 0.25) is 0 Å². The van der Waals surface area contributed by atoms with Crippen LogP contribution in [0.25, 0.3) is 10.4 Å². The van der Waals surface area contributed by atoms with Gasteiger partial charge in [0.05, 0.1) is 11.5 Å². The van der Waals surface area contributed by atoms with Gasteiger partial charge in [-0.2, -0.15) is 0 Å². The molecule has 0 aliphatic heterocycles. The number of hydrogen-bond acceptors (Lipinski definition) is 5. The molecule has 0 atom stereocenters. The molecule has 0 aliphatic carbocycles. The average Bonchev–Trinajstić information content (AvgIpc) is 2.26. The van der Waals surface area contributed by atoms with E-state index in [0.717, 1.165) is 0 Å². The zero-order valence-corrected chi connectivity index (χ0v) is 7.99. The molecule has 0 amide bonds. The van der Waals surface area contributed by atoms with Gasteiger partial charge in [0, 0.05) is 22.7 Å². The maximum Gasteiger partial charge on any atom is 0.312 e. The first-order chi connectivity index (χ1) is 7.65. The highest BCUT2D eigenvalue weighted by atomic mass is 16.6. The second-order valence-electron chi connectivity index (χ2n) is 2.58. The summed E-state index contributed by atoms with van der Waals surface area (Å²) >= 11 is 0. The summed E-state index contributed by atoms with van der Waals surface area (Å²) in [4.78, 5) is 16.0. The third kappa shape index (κ3) is 2.87. The van der Waals surface area contributed by atoms with Crippen LogP contribution in [0.15, 0.2) is 17.4 Å². The Kier molecular flexibility index (Phi) is 3.66. The van der Waals surface area contributed by atoms with E-state index in [0.29, 0.717) is 5.56 Å². The lowest BCUT2D eigenvalue weighted by Gasteiger charge is -1.95. The minimum absolute atomic E-state index is 0.00528. The van der Waals surface area contributed by atoms with Gasteiger partial charge in [-0.25, -0.2) is 4.98 Å². The summed E-state index contributed by atoms with van der Waals surface area (Å²) in [5.74, 6) is 4.92. The molecule has 1 aromatic rings. The van der Waals surface area contributed by atoms with Crippen LogP contribution < -0.4 is 5.73 Å². The van der Waals surface area contributed by atoms with E-state index in [1.807, 2.05) is 0 Å². The Bertz CT molecular complexity index is 523. The van der Waals surface area contributed by atoms with Gasteiger partial charge in [0.15, 0.2) is 0 Å². The van der Waals surface area contributed by atoms with Crippen LogP contribution in [0.3, 0.4) is 0 Å². The van der Waals surface area contributed by atoms with Gasteiger partial charge in [-0.05, 0) is 5.53 Å². The summed E-state index contributed by atoms with van der Waals surface area (Å²) in [6.45, 7) is -0.00528. The first-order valence-electron chi connectivity index (χ1n) is 4.05. The molecule has 0 aromatic carbocycles. The highest BCUT2D eigenvalue weighted by Gasteiger charge is 2.12. The molecule has 0 unspecified atom stereocenters. The Morgan fingerprint density at radius 2 is 2.50 bits per heavy atom. The number of aromatic nitrogens is 1. The van der Waals surface area contributed by atoms with Crippen molar-refractivity contribution >= 4 is 11.5 Å². The predicted octanol–water partition coefficient (Wildman–Crippen LogP) is 1.23. The molecule has 0 radical (unpaired) electrons. The van der Waals surface area contributed by atoms with Crippen LogP contribution >= 0.6 is 0 Å². The third-order valence-electron chi connectivity index (χ3n) is 1.54. The molecule has 0 saturated carbocycles. The molecule has 8 nitrogen and oxygen atoms in total. The van der Waals surface area contributed by atoms with Gasteiger partial charge in [0.1, 0.15) is 0 Å². The monoisotopic (exact) mass is 218 g/mol. The van der Waals surface area contributed by atoms with E-state index < -0.39 is 4.92 Å². The Hall–Kier alpha value is -2.78. The number of hydrogen-bond donors (Lipinski definition) is 1. The minimum Gasteiger partial charge on any atom is -0.378 e. The van der Waals surface area contributed by atoms with Gasteiger partial charge in [0.25, 0.3) is 0 Å². The summed E-state index contributed by atoms with van der Waals surface area (Å²) in [6, 6.07) is 1.21. The van der Waals surface area contributed by atoms with E-state index in [2.05, 4.69) is 26.9 Å². The molecule has 8 heteroatoms. The molecule has 80 valence electrons. The fourth-order valence-electron chi connectivity index (χ4n) is 0.887. The van der Waals surface area contributed by atoms with Gasteiger partial charge in [-0.3, -0.25) is 10.1 Å². The number of pyridine rings is 1. The second kappa shape index (κ2) is 5.19. The average molecular weight is 218 g/mol. The number of nitrogens with zero attached hydrogens (tertiary/aromatic N) is 5. The van der Waals surface area contributed by atoms with Crippen molar-refractivity contribution in [2.75, 3.05) is 12.3 Å². The summed E-state index contributed by atoms with van der Waals surface area (Å²) in [7, 11) is 0. The topological polar surface area (TPSA) is 131 Å². The van der Waals surface area contributed by atoms with Crippen LogP contribution in [0.1, 0.15) is 5.56 Å². The quantitative estimate of drug-likeness (QED) is 0.199. The van der Waals surface area contributed by atoms with E-state index in [9.17, 15) is 10.1 Å². The Morgan fingerprint density at radius 1 is 1.75 bits per heavy atom. The SMILES string of the molecule is [N-]=[N+]=NCC#Cc1cnc(N)c([N+](=O)[O-])c1. The largest absolute Gasteiger partial charge is 0.378 e. The number of rotatable bonds is 2. The predicted molar refractivity (Wildman–Crippen MR) is 56.2 cm³/mol. The Morgan fingerprint density at radius 3 is 3.12 bits per heavy atom. The molecule has 2 N–H and O–H groups in total. The standard InChI is InChI=1S/C8H6N6O2/c9-8-7(14(15)16)4-6(5-11-8)2-1-3-12-13-10/h4-5H,3H2,(H2,9,11). The van der Waals surface area contributed by atoms with Crippen molar-refractivity contribution in [1.29, 1.82) is 0 Å². The lowest BCUT2D eigenvalue weighted by atomic mass is 10.2. The van der Waals surface area contributed by atoms with Crippen molar-refractivity contribution in [2.24, 2.45) is 5.11 Å². The molecule has 0 saturated heterocycles. The fraction of sp³-hybridized carbons (Fsp3) is 0.125. The second-order valence-corrected chi connectivity index (χ2v) is 2.58. The normalized spacial score (nSPS) is 8.50. The molecule has 0 spiro atoms. The molecule has 0 aliphatic rings. The summed E-state index contributed by atoms with van der Waals surface area (Å²) in [5, 5.41) is 13.7. The number of azide groups is 1. The maximum atomic E-state index is 10.5. The molecular formula is C8H6N6O2. The summed E-state index contributed by atoms with van der Waals surface area (Å²) in [5.41, 5.74) is 13.3.